The second-order valence-corrected chi connectivity index (χ2v) is 0. The maximum atomic E-state index is 0. The van der Waals surface area contributed by atoms with Crippen LogP contribution in [0, 0.1) is 0 Å². The van der Waals surface area contributed by atoms with Crippen LogP contribution in [-0.2, 0) is 138 Å². The predicted octanol–water partition coefficient (Wildman–Crippen LogP) is -1.60. The van der Waals surface area contributed by atoms with Crippen LogP contribution in [0.5, 0.6) is 0 Å². The van der Waals surface area contributed by atoms with Crippen molar-refractivity contribution in [3.63, 3.8) is 0 Å². The first-order valence-electron chi connectivity index (χ1n) is 0. The summed E-state index contributed by atoms with van der Waals surface area (Å²) in [6, 6.07) is 0. The average molecular weight is 592 g/mol. The van der Waals surface area contributed by atoms with E-state index in [1.807, 2.05) is 0 Å². The van der Waals surface area contributed by atoms with Gasteiger partial charge in [-0.05, 0) is 0 Å². The number of hydrogen-bond acceptors (Lipinski definition) is 0. The normalized spacial score (nSPS) is 0. The SMILES string of the molecule is [Cu+2].[Cu+2].[O-2].[O-2].[O-2].[O-2].[O-2].[O-2].[O-2].[Sr+2].[Sr+2].[Y+3].[Y+3]. The fourth-order valence-corrected chi connectivity index (χ4v) is 0. The van der Waals surface area contributed by atoms with Gasteiger partial charge in [0.1, 0.15) is 0 Å². The van der Waals surface area contributed by atoms with Crippen LogP contribution in [0.1, 0.15) is 0 Å². The minimum atomic E-state index is 0. The van der Waals surface area contributed by atoms with Gasteiger partial charge >= 0.3 is 191 Å². The first kappa shape index (κ1) is 173. The van der Waals surface area contributed by atoms with E-state index in [1.165, 1.54) is 0 Å². The molecule has 0 aromatic carbocycles. The predicted molar refractivity (Wildman–Crippen MR) is 16.3 cm³/mol. The molecule has 0 unspecified atom stereocenters. The Labute approximate surface area is 222 Å². The van der Waals surface area contributed by atoms with E-state index in [0.717, 1.165) is 0 Å². The second kappa shape index (κ2) is 146. The van der Waals surface area contributed by atoms with Crippen molar-refractivity contribution >= 4 is 91.0 Å². The summed E-state index contributed by atoms with van der Waals surface area (Å²) in [6.45, 7) is 0. The molecule has 13 heteroatoms. The van der Waals surface area contributed by atoms with E-state index in [9.17, 15) is 0 Å². The van der Waals surface area contributed by atoms with Crippen molar-refractivity contribution in [3.8, 4) is 0 Å². The zero-order valence-corrected chi connectivity index (χ0v) is 20.5. The molecule has 0 N–H and O–H groups in total. The van der Waals surface area contributed by atoms with Gasteiger partial charge in [0.05, 0.1) is 0 Å². The van der Waals surface area contributed by atoms with Crippen LogP contribution in [0.15, 0.2) is 0 Å². The Morgan fingerprint density at radius 3 is 0.308 bits per heavy atom. The first-order chi connectivity index (χ1) is 0. The van der Waals surface area contributed by atoms with Crippen molar-refractivity contribution in [2.75, 3.05) is 0 Å². The molecule has 0 spiro atoms. The number of rotatable bonds is 0. The van der Waals surface area contributed by atoms with Crippen molar-refractivity contribution in [2.45, 2.75) is 0 Å². The molecule has 0 saturated carbocycles. The monoisotopic (exact) mass is 591 g/mol. The average Bonchev–Trinajstić information content (AvgIpc) is 0. The minimum absolute atomic E-state index is 0. The van der Waals surface area contributed by atoms with Crippen molar-refractivity contribution in [2.24, 2.45) is 0 Å². The molecule has 0 atom stereocenters. The van der Waals surface area contributed by atoms with Gasteiger partial charge in [-0.2, -0.15) is 0 Å². The number of hydrogen-bond donors (Lipinski definition) is 0. The van der Waals surface area contributed by atoms with Gasteiger partial charge in [-0.25, -0.2) is 0 Å². The van der Waals surface area contributed by atoms with E-state index in [1.54, 1.807) is 0 Å². The van der Waals surface area contributed by atoms with E-state index in [4.69, 9.17) is 0 Å². The minimum Gasteiger partial charge on any atom is -2.00 e. The van der Waals surface area contributed by atoms with Crippen molar-refractivity contribution in [1.82, 2.24) is 0 Å². The molecule has 0 heterocycles. The van der Waals surface area contributed by atoms with E-state index >= 15 is 0 Å². The third-order valence-electron chi connectivity index (χ3n) is 0. The third kappa shape index (κ3) is 129. The van der Waals surface area contributed by atoms with E-state index in [2.05, 4.69) is 0 Å². The molecule has 0 amide bonds. The summed E-state index contributed by atoms with van der Waals surface area (Å²) < 4.78 is 0. The van der Waals surface area contributed by atoms with Crippen molar-refractivity contribution in [1.29, 1.82) is 0 Å². The van der Waals surface area contributed by atoms with E-state index in [-0.39, 0.29) is 229 Å². The van der Waals surface area contributed by atoms with Crippen LogP contribution in [0.25, 0.3) is 0 Å². The second-order valence-electron chi connectivity index (χ2n) is 0. The quantitative estimate of drug-likeness (QED) is 0.292. The van der Waals surface area contributed by atoms with Crippen LogP contribution in [0.2, 0.25) is 0 Å². The Kier molecular flexibility index (Phi) is 1950. The van der Waals surface area contributed by atoms with Gasteiger partial charge in [-0.3, -0.25) is 0 Å². The molecule has 74 valence electrons. The zero-order valence-electron chi connectivity index (χ0n) is 6.03. The van der Waals surface area contributed by atoms with Crippen LogP contribution in [0.3, 0.4) is 0 Å². The standard InChI is InChI=1S/2Cu.7O.2Sr.2Y/q2*+2;7*-2;2*+2;2*+3. The van der Waals surface area contributed by atoms with Gasteiger partial charge in [-0.1, -0.05) is 0 Å². The maximum absolute atomic E-state index is 0. The van der Waals surface area contributed by atoms with Gasteiger partial charge in [-0.15, -0.1) is 0 Å². The Hall–Kier alpha value is 5.93. The molecule has 7 nitrogen and oxygen atoms in total. The molecule has 2 radical (unpaired) electrons. The van der Waals surface area contributed by atoms with Crippen LogP contribution < -0.4 is 0 Å². The summed E-state index contributed by atoms with van der Waals surface area (Å²) in [4.78, 5) is 0. The molecule has 0 fully saturated rings. The largest absolute Gasteiger partial charge is 3.00 e. The van der Waals surface area contributed by atoms with Gasteiger partial charge in [0.15, 0.2) is 0 Å². The van der Waals surface area contributed by atoms with Gasteiger partial charge in [0.2, 0.25) is 0 Å². The zero-order chi connectivity index (χ0) is 0. The van der Waals surface area contributed by atoms with Crippen LogP contribution >= 0.6 is 0 Å². The smallest absolute Gasteiger partial charge is 2.00 e. The summed E-state index contributed by atoms with van der Waals surface area (Å²) in [5.41, 5.74) is 0. The Morgan fingerprint density at radius 1 is 0.308 bits per heavy atom. The molecule has 0 aliphatic heterocycles. The fraction of sp³-hybridized carbons (Fsp3) is 0. The summed E-state index contributed by atoms with van der Waals surface area (Å²) in [5, 5.41) is 0. The Bertz CT molecular complexity index is 22.5. The fourth-order valence-electron chi connectivity index (χ4n) is 0. The molecule has 0 bridgehead atoms. The first-order valence-corrected chi connectivity index (χ1v) is 0. The van der Waals surface area contributed by atoms with Gasteiger partial charge in [0.25, 0.3) is 0 Å². The van der Waals surface area contributed by atoms with Crippen molar-refractivity contribution in [3.05, 3.63) is 0 Å². The summed E-state index contributed by atoms with van der Waals surface area (Å²) in [7, 11) is 0. The van der Waals surface area contributed by atoms with E-state index in [0.29, 0.717) is 0 Å². The van der Waals surface area contributed by atoms with E-state index < -0.39 is 0 Å². The molecule has 0 aromatic rings. The molecule has 0 saturated heterocycles. The molecular weight excluding hydrogens is 592 g/mol. The Morgan fingerprint density at radius 2 is 0.308 bits per heavy atom. The van der Waals surface area contributed by atoms with Crippen molar-refractivity contribution < 1.29 is 138 Å². The molecule has 0 aromatic heterocycles. The molecule has 0 aliphatic carbocycles. The maximum Gasteiger partial charge on any atom is 3.00 e. The van der Waals surface area contributed by atoms with Crippen LogP contribution in [-0.4, -0.2) is 91.0 Å². The van der Waals surface area contributed by atoms with Crippen LogP contribution in [0.4, 0.5) is 0 Å². The Balaban J connectivity index is 0. The molecular formula is Cu2O7Sr2Y2. The topological polar surface area (TPSA) is 200 Å². The molecule has 0 aliphatic rings. The summed E-state index contributed by atoms with van der Waals surface area (Å²) in [5.74, 6) is 0. The van der Waals surface area contributed by atoms with Gasteiger partial charge < -0.3 is 38.3 Å². The summed E-state index contributed by atoms with van der Waals surface area (Å²) >= 11 is 0. The molecule has 13 heavy (non-hydrogen) atoms. The third-order valence-corrected chi connectivity index (χ3v) is 0. The summed E-state index contributed by atoms with van der Waals surface area (Å²) in [6.07, 6.45) is 0. The molecule has 0 rings (SSSR count). The van der Waals surface area contributed by atoms with Gasteiger partial charge in [0, 0.05) is 0 Å².